The van der Waals surface area contributed by atoms with Crippen molar-refractivity contribution in [3.63, 3.8) is 0 Å². The van der Waals surface area contributed by atoms with Gasteiger partial charge in [-0.2, -0.15) is 5.10 Å². The van der Waals surface area contributed by atoms with E-state index in [4.69, 9.17) is 5.11 Å². The minimum absolute atomic E-state index is 0.312. The fourth-order valence-electron chi connectivity index (χ4n) is 4.47. The summed E-state index contributed by atoms with van der Waals surface area (Å²) in [5.41, 5.74) is 0.626. The highest BCUT2D eigenvalue weighted by molar-refractivity contribution is 9.10. The molecule has 4 rings (SSSR count). The summed E-state index contributed by atoms with van der Waals surface area (Å²) in [4.78, 5) is 23.5. The molecule has 0 spiro atoms. The molecule has 0 saturated heterocycles. The van der Waals surface area contributed by atoms with Crippen LogP contribution in [0.3, 0.4) is 0 Å². The number of nitrogens with zero attached hydrogens (tertiary/aromatic N) is 2. The Balaban J connectivity index is 1.81. The topological polar surface area (TPSA) is 84.2 Å². The van der Waals surface area contributed by atoms with Gasteiger partial charge in [0.25, 0.3) is 5.56 Å². The molecule has 3 aliphatic carbocycles. The number of rotatable bonds is 4. The van der Waals surface area contributed by atoms with Gasteiger partial charge in [0.2, 0.25) is 0 Å². The highest BCUT2D eigenvalue weighted by atomic mass is 79.9. The second kappa shape index (κ2) is 5.86. The van der Waals surface area contributed by atoms with Crippen LogP contribution in [-0.4, -0.2) is 26.9 Å². The van der Waals surface area contributed by atoms with Gasteiger partial charge in [-0.3, -0.25) is 4.79 Å². The Hall–Kier alpha value is -1.37. The van der Waals surface area contributed by atoms with E-state index in [1.165, 1.54) is 13.3 Å². The number of halogens is 1. The Labute approximate surface area is 149 Å². The standard InChI is InChI=1S/C17H24BrN3O3/c1-8-11-5-10(17(11,3)4)6-12(8)20-13-7-19-21(9(2)16(23)24)15(22)14(13)18/h7-12,20H,5-6H2,1-4H3,(H,23,24)/t8-,9?,10+,11-,12-/m1/s1. The number of fused-ring (bicyclic) bond motifs is 2. The molecule has 1 unspecified atom stereocenters. The van der Waals surface area contributed by atoms with Crippen molar-refractivity contribution in [2.24, 2.45) is 23.2 Å². The fraction of sp³-hybridized carbons (Fsp3) is 0.706. The number of aliphatic carboxylic acids is 1. The largest absolute Gasteiger partial charge is 0.480 e. The molecular weight excluding hydrogens is 374 g/mol. The van der Waals surface area contributed by atoms with E-state index in [9.17, 15) is 9.59 Å². The van der Waals surface area contributed by atoms with Crippen molar-refractivity contribution < 1.29 is 9.90 Å². The molecule has 3 saturated carbocycles. The Morgan fingerprint density at radius 3 is 2.71 bits per heavy atom. The Morgan fingerprint density at radius 1 is 1.50 bits per heavy atom. The minimum Gasteiger partial charge on any atom is -0.480 e. The summed E-state index contributed by atoms with van der Waals surface area (Å²) in [6.45, 7) is 8.42. The van der Waals surface area contributed by atoms with Crippen molar-refractivity contribution in [2.45, 2.75) is 52.6 Å². The van der Waals surface area contributed by atoms with Gasteiger partial charge < -0.3 is 10.4 Å². The van der Waals surface area contributed by atoms with E-state index in [1.807, 2.05) is 0 Å². The third-order valence-electron chi connectivity index (χ3n) is 6.36. The molecule has 0 amide bonds. The molecule has 2 bridgehead atoms. The highest BCUT2D eigenvalue weighted by Gasteiger charge is 2.56. The van der Waals surface area contributed by atoms with Gasteiger partial charge in [0, 0.05) is 6.04 Å². The smallest absolute Gasteiger partial charge is 0.328 e. The summed E-state index contributed by atoms with van der Waals surface area (Å²) < 4.78 is 1.33. The zero-order chi connectivity index (χ0) is 17.8. The second-order valence-corrected chi connectivity index (χ2v) is 8.64. The van der Waals surface area contributed by atoms with E-state index in [1.54, 1.807) is 6.20 Å². The van der Waals surface area contributed by atoms with Crippen molar-refractivity contribution in [2.75, 3.05) is 5.32 Å². The maximum Gasteiger partial charge on any atom is 0.328 e. The van der Waals surface area contributed by atoms with Crippen LogP contribution in [0.4, 0.5) is 5.69 Å². The lowest BCUT2D eigenvalue weighted by molar-refractivity contribution is -0.140. The molecule has 1 aromatic heterocycles. The molecule has 2 N–H and O–H groups in total. The fourth-order valence-corrected chi connectivity index (χ4v) is 4.86. The van der Waals surface area contributed by atoms with Gasteiger partial charge in [-0.05, 0) is 58.9 Å². The number of anilines is 1. The number of aromatic nitrogens is 2. The van der Waals surface area contributed by atoms with Gasteiger partial charge in [-0.25, -0.2) is 9.48 Å². The van der Waals surface area contributed by atoms with E-state index in [0.29, 0.717) is 33.5 Å². The number of carboxylic acids is 1. The maximum absolute atomic E-state index is 12.4. The second-order valence-electron chi connectivity index (χ2n) is 7.84. The van der Waals surface area contributed by atoms with Crippen LogP contribution in [0.1, 0.15) is 46.6 Å². The number of nitrogens with one attached hydrogen (secondary N) is 1. The molecule has 1 aromatic rings. The summed E-state index contributed by atoms with van der Waals surface area (Å²) in [5, 5.41) is 16.6. The van der Waals surface area contributed by atoms with Gasteiger partial charge in [-0.15, -0.1) is 0 Å². The van der Waals surface area contributed by atoms with Crippen molar-refractivity contribution >= 4 is 27.6 Å². The molecule has 3 fully saturated rings. The molecule has 5 atom stereocenters. The zero-order valence-corrected chi connectivity index (χ0v) is 16.0. The predicted octanol–water partition coefficient (Wildman–Crippen LogP) is 3.13. The van der Waals surface area contributed by atoms with Crippen molar-refractivity contribution in [1.29, 1.82) is 0 Å². The van der Waals surface area contributed by atoms with Crippen LogP contribution in [0, 0.1) is 23.2 Å². The average Bonchev–Trinajstić information content (AvgIpc) is 2.52. The van der Waals surface area contributed by atoms with Crippen molar-refractivity contribution in [1.82, 2.24) is 9.78 Å². The lowest BCUT2D eigenvalue weighted by Gasteiger charge is -2.62. The summed E-state index contributed by atoms with van der Waals surface area (Å²) in [6.07, 6.45) is 3.93. The first-order chi connectivity index (χ1) is 11.1. The van der Waals surface area contributed by atoms with E-state index in [0.717, 1.165) is 17.0 Å². The van der Waals surface area contributed by atoms with Gasteiger partial charge in [0.15, 0.2) is 6.04 Å². The molecule has 3 aliphatic rings. The third-order valence-corrected chi connectivity index (χ3v) is 7.13. The lowest BCUT2D eigenvalue weighted by atomic mass is 9.45. The first kappa shape index (κ1) is 17.5. The zero-order valence-electron chi connectivity index (χ0n) is 14.4. The maximum atomic E-state index is 12.4. The normalized spacial score (nSPS) is 31.9. The van der Waals surface area contributed by atoms with E-state index < -0.39 is 17.6 Å². The number of hydrogen-bond acceptors (Lipinski definition) is 4. The first-order valence-electron chi connectivity index (χ1n) is 8.41. The average molecular weight is 398 g/mol. The summed E-state index contributed by atoms with van der Waals surface area (Å²) in [6, 6.07) is -0.683. The molecule has 0 radical (unpaired) electrons. The molecule has 7 heteroatoms. The number of carbonyl (C=O) groups is 1. The lowest BCUT2D eigenvalue weighted by Crippen LogP contribution is -2.58. The Kier molecular flexibility index (Phi) is 4.26. The Bertz CT molecular complexity index is 730. The first-order valence-corrected chi connectivity index (χ1v) is 9.20. The number of carboxylic acid groups (broad SMARTS) is 1. The summed E-state index contributed by atoms with van der Waals surface area (Å²) in [7, 11) is 0. The molecule has 6 nitrogen and oxygen atoms in total. The van der Waals surface area contributed by atoms with Crippen LogP contribution in [0.25, 0.3) is 0 Å². The monoisotopic (exact) mass is 397 g/mol. The summed E-state index contributed by atoms with van der Waals surface area (Å²) >= 11 is 3.32. The van der Waals surface area contributed by atoms with Crippen LogP contribution >= 0.6 is 15.9 Å². The molecular formula is C17H24BrN3O3. The van der Waals surface area contributed by atoms with Crippen molar-refractivity contribution in [3.05, 3.63) is 21.0 Å². The highest BCUT2D eigenvalue weighted by Crippen LogP contribution is 2.61. The van der Waals surface area contributed by atoms with Crippen LogP contribution in [0.15, 0.2) is 15.5 Å². The predicted molar refractivity (Wildman–Crippen MR) is 95.1 cm³/mol. The van der Waals surface area contributed by atoms with Gasteiger partial charge in [-0.1, -0.05) is 20.8 Å². The van der Waals surface area contributed by atoms with Crippen LogP contribution in [0.5, 0.6) is 0 Å². The quantitative estimate of drug-likeness (QED) is 0.814. The summed E-state index contributed by atoms with van der Waals surface area (Å²) in [5.74, 6) is 0.862. The SMILES string of the molecule is CC(C(=O)O)n1ncc(N[C@@H]2C[C@@H]3C[C@H]([C@H]2C)C3(C)C)c(Br)c1=O. The Morgan fingerprint density at radius 2 is 2.17 bits per heavy atom. The van der Waals surface area contributed by atoms with Crippen LogP contribution in [0.2, 0.25) is 0 Å². The van der Waals surface area contributed by atoms with Crippen LogP contribution < -0.4 is 10.9 Å². The van der Waals surface area contributed by atoms with Gasteiger partial charge in [0.1, 0.15) is 4.47 Å². The molecule has 0 aliphatic heterocycles. The van der Waals surface area contributed by atoms with E-state index >= 15 is 0 Å². The molecule has 0 aromatic carbocycles. The molecule has 132 valence electrons. The molecule has 1 heterocycles. The molecule has 24 heavy (non-hydrogen) atoms. The minimum atomic E-state index is -1.08. The third kappa shape index (κ3) is 2.57. The van der Waals surface area contributed by atoms with Crippen LogP contribution in [-0.2, 0) is 4.79 Å². The van der Waals surface area contributed by atoms with Crippen molar-refractivity contribution in [3.8, 4) is 0 Å². The van der Waals surface area contributed by atoms with E-state index in [2.05, 4.69) is 47.1 Å². The van der Waals surface area contributed by atoms with Gasteiger partial charge >= 0.3 is 5.97 Å². The van der Waals surface area contributed by atoms with E-state index in [-0.39, 0.29) is 0 Å². The van der Waals surface area contributed by atoms with Gasteiger partial charge in [0.05, 0.1) is 11.9 Å². The number of hydrogen-bond donors (Lipinski definition) is 2.